The summed E-state index contributed by atoms with van der Waals surface area (Å²) in [7, 11) is 0. The van der Waals surface area contributed by atoms with E-state index in [2.05, 4.69) is 4.90 Å². The number of aliphatic hydroxyl groups is 1. The zero-order chi connectivity index (χ0) is 16.4. The molecule has 122 valence electrons. The third-order valence-electron chi connectivity index (χ3n) is 4.16. The van der Waals surface area contributed by atoms with Crippen LogP contribution in [0.4, 0.5) is 18.9 Å². The fourth-order valence-corrected chi connectivity index (χ4v) is 3.02. The summed E-state index contributed by atoms with van der Waals surface area (Å²) in [5.74, 6) is 0. The van der Waals surface area contributed by atoms with E-state index in [9.17, 15) is 18.3 Å². The quantitative estimate of drug-likeness (QED) is 0.914. The second-order valence-corrected chi connectivity index (χ2v) is 5.84. The van der Waals surface area contributed by atoms with Crippen molar-refractivity contribution in [3.8, 4) is 0 Å². The highest BCUT2D eigenvalue weighted by Crippen LogP contribution is 2.36. The Labute approximate surface area is 133 Å². The Bertz CT molecular complexity index is 670. The SMILES string of the molecule is OC(c1ccc2c(c1)CCCN2Cc1ccccc1)C(F)(F)F. The molecule has 2 aromatic carbocycles. The summed E-state index contributed by atoms with van der Waals surface area (Å²) in [4.78, 5) is 2.18. The Morgan fingerprint density at radius 3 is 2.52 bits per heavy atom. The van der Waals surface area contributed by atoms with Crippen molar-refractivity contribution in [2.45, 2.75) is 31.7 Å². The number of rotatable bonds is 3. The van der Waals surface area contributed by atoms with E-state index in [1.807, 2.05) is 30.3 Å². The number of anilines is 1. The molecule has 0 fully saturated rings. The number of hydrogen-bond acceptors (Lipinski definition) is 2. The minimum atomic E-state index is -4.63. The van der Waals surface area contributed by atoms with E-state index in [0.29, 0.717) is 0 Å². The van der Waals surface area contributed by atoms with Crippen molar-refractivity contribution in [1.82, 2.24) is 0 Å². The maximum atomic E-state index is 12.7. The molecule has 0 amide bonds. The van der Waals surface area contributed by atoms with Crippen LogP contribution in [0.15, 0.2) is 48.5 Å². The molecule has 2 aromatic rings. The Morgan fingerprint density at radius 1 is 1.09 bits per heavy atom. The molecule has 0 aliphatic carbocycles. The van der Waals surface area contributed by atoms with Gasteiger partial charge in [0, 0.05) is 18.8 Å². The highest BCUT2D eigenvalue weighted by atomic mass is 19.4. The number of hydrogen-bond donors (Lipinski definition) is 1. The zero-order valence-corrected chi connectivity index (χ0v) is 12.6. The van der Waals surface area contributed by atoms with Crippen LogP contribution in [0.3, 0.4) is 0 Å². The Balaban J connectivity index is 1.85. The van der Waals surface area contributed by atoms with Crippen LogP contribution in [0.2, 0.25) is 0 Å². The molecule has 0 saturated carbocycles. The van der Waals surface area contributed by atoms with E-state index in [-0.39, 0.29) is 5.56 Å². The van der Waals surface area contributed by atoms with Crippen LogP contribution in [-0.4, -0.2) is 17.8 Å². The number of aryl methyl sites for hydroxylation is 1. The van der Waals surface area contributed by atoms with E-state index >= 15 is 0 Å². The van der Waals surface area contributed by atoms with E-state index < -0.39 is 12.3 Å². The standard InChI is InChI=1S/C18H18F3NO/c19-18(20,21)17(23)15-8-9-16-14(11-15)7-4-10-22(16)12-13-5-2-1-3-6-13/h1-3,5-6,8-9,11,17,23H,4,7,10,12H2. The Kier molecular flexibility index (Phi) is 4.31. The van der Waals surface area contributed by atoms with Gasteiger partial charge < -0.3 is 10.0 Å². The number of halogens is 3. The van der Waals surface area contributed by atoms with Crippen molar-refractivity contribution in [3.63, 3.8) is 0 Å². The lowest BCUT2D eigenvalue weighted by Crippen LogP contribution is -2.29. The van der Waals surface area contributed by atoms with Gasteiger partial charge in [-0.1, -0.05) is 42.5 Å². The molecule has 0 saturated heterocycles. The second kappa shape index (κ2) is 6.24. The maximum absolute atomic E-state index is 12.7. The van der Waals surface area contributed by atoms with Crippen LogP contribution in [0, 0.1) is 0 Å². The first-order valence-electron chi connectivity index (χ1n) is 7.61. The molecule has 2 nitrogen and oxygen atoms in total. The monoisotopic (exact) mass is 321 g/mol. The first-order valence-corrected chi connectivity index (χ1v) is 7.61. The van der Waals surface area contributed by atoms with Gasteiger partial charge in [0.2, 0.25) is 0 Å². The van der Waals surface area contributed by atoms with Crippen molar-refractivity contribution in [2.75, 3.05) is 11.4 Å². The average molecular weight is 321 g/mol. The van der Waals surface area contributed by atoms with Crippen LogP contribution < -0.4 is 4.90 Å². The predicted molar refractivity (Wildman–Crippen MR) is 83.3 cm³/mol. The molecule has 0 bridgehead atoms. The number of nitrogens with zero attached hydrogens (tertiary/aromatic N) is 1. The van der Waals surface area contributed by atoms with Crippen molar-refractivity contribution in [2.24, 2.45) is 0 Å². The molecule has 1 aliphatic rings. The zero-order valence-electron chi connectivity index (χ0n) is 12.6. The van der Waals surface area contributed by atoms with E-state index in [4.69, 9.17) is 0 Å². The topological polar surface area (TPSA) is 23.5 Å². The molecule has 1 N–H and O–H groups in total. The summed E-state index contributed by atoms with van der Waals surface area (Å²) < 4.78 is 38.0. The molecule has 5 heteroatoms. The van der Waals surface area contributed by atoms with Gasteiger partial charge in [-0.05, 0) is 35.6 Å². The maximum Gasteiger partial charge on any atom is 0.418 e. The summed E-state index contributed by atoms with van der Waals surface area (Å²) in [6, 6.07) is 14.5. The fraction of sp³-hybridized carbons (Fsp3) is 0.333. The van der Waals surface area contributed by atoms with Gasteiger partial charge in [0.05, 0.1) is 0 Å². The predicted octanol–water partition coefficient (Wildman–Crippen LogP) is 4.24. The minimum Gasteiger partial charge on any atom is -0.379 e. The summed E-state index contributed by atoms with van der Waals surface area (Å²) in [6.45, 7) is 1.61. The molecule has 1 heterocycles. The van der Waals surface area contributed by atoms with Crippen LogP contribution in [-0.2, 0) is 13.0 Å². The van der Waals surface area contributed by atoms with Gasteiger partial charge in [-0.15, -0.1) is 0 Å². The summed E-state index contributed by atoms with van der Waals surface area (Å²) >= 11 is 0. The molecule has 0 radical (unpaired) electrons. The van der Waals surface area contributed by atoms with Gasteiger partial charge in [-0.2, -0.15) is 13.2 Å². The van der Waals surface area contributed by atoms with Crippen molar-refractivity contribution < 1.29 is 18.3 Å². The largest absolute Gasteiger partial charge is 0.418 e. The number of alkyl halides is 3. The van der Waals surface area contributed by atoms with Gasteiger partial charge in [-0.25, -0.2) is 0 Å². The van der Waals surface area contributed by atoms with Crippen LogP contribution >= 0.6 is 0 Å². The number of aliphatic hydroxyl groups excluding tert-OH is 1. The lowest BCUT2D eigenvalue weighted by molar-refractivity contribution is -0.206. The van der Waals surface area contributed by atoms with Crippen molar-refractivity contribution in [1.29, 1.82) is 0 Å². The first kappa shape index (κ1) is 15.9. The van der Waals surface area contributed by atoms with Gasteiger partial charge in [-0.3, -0.25) is 0 Å². The van der Waals surface area contributed by atoms with Crippen molar-refractivity contribution >= 4 is 5.69 Å². The molecule has 23 heavy (non-hydrogen) atoms. The average Bonchev–Trinajstić information content (AvgIpc) is 2.54. The third kappa shape index (κ3) is 3.50. The van der Waals surface area contributed by atoms with E-state index in [0.717, 1.165) is 37.2 Å². The van der Waals surface area contributed by atoms with Gasteiger partial charge in [0.1, 0.15) is 0 Å². The highest BCUT2D eigenvalue weighted by molar-refractivity contribution is 5.57. The lowest BCUT2D eigenvalue weighted by atomic mass is 9.96. The lowest BCUT2D eigenvalue weighted by Gasteiger charge is -2.32. The van der Waals surface area contributed by atoms with Crippen LogP contribution in [0.5, 0.6) is 0 Å². The molecular weight excluding hydrogens is 303 g/mol. The summed E-state index contributed by atoms with van der Waals surface area (Å²) in [5, 5.41) is 9.42. The molecule has 0 aromatic heterocycles. The minimum absolute atomic E-state index is 0.0854. The van der Waals surface area contributed by atoms with Gasteiger partial charge in [0.25, 0.3) is 0 Å². The summed E-state index contributed by atoms with van der Waals surface area (Å²) in [5.41, 5.74) is 2.91. The van der Waals surface area contributed by atoms with E-state index in [1.54, 1.807) is 6.07 Å². The Hall–Kier alpha value is -2.01. The fourth-order valence-electron chi connectivity index (χ4n) is 3.02. The summed E-state index contributed by atoms with van der Waals surface area (Å²) in [6.07, 6.45) is -5.42. The molecule has 0 spiro atoms. The number of fused-ring (bicyclic) bond motifs is 1. The highest BCUT2D eigenvalue weighted by Gasteiger charge is 2.39. The molecule has 1 atom stereocenters. The molecule has 3 rings (SSSR count). The molecule has 1 aliphatic heterocycles. The van der Waals surface area contributed by atoms with E-state index in [1.165, 1.54) is 17.7 Å². The molecule has 1 unspecified atom stereocenters. The van der Waals surface area contributed by atoms with Gasteiger partial charge >= 0.3 is 6.18 Å². The molecular formula is C18H18F3NO. The normalized spacial score (nSPS) is 16.1. The Morgan fingerprint density at radius 2 is 1.83 bits per heavy atom. The van der Waals surface area contributed by atoms with Crippen LogP contribution in [0.25, 0.3) is 0 Å². The van der Waals surface area contributed by atoms with Crippen molar-refractivity contribution in [3.05, 3.63) is 65.2 Å². The smallest absolute Gasteiger partial charge is 0.379 e. The second-order valence-electron chi connectivity index (χ2n) is 5.84. The van der Waals surface area contributed by atoms with Crippen LogP contribution in [0.1, 0.15) is 29.2 Å². The first-order chi connectivity index (χ1) is 10.9. The number of benzene rings is 2. The van der Waals surface area contributed by atoms with Gasteiger partial charge in [0.15, 0.2) is 6.10 Å². The third-order valence-corrected chi connectivity index (χ3v) is 4.16.